The molecule has 0 spiro atoms. The molecule has 6 heteroatoms. The van der Waals surface area contributed by atoms with Crippen LogP contribution < -0.4 is 16.2 Å². The number of ether oxygens (including phenoxy) is 1. The van der Waals surface area contributed by atoms with Crippen LogP contribution in [0.1, 0.15) is 24.8 Å². The quantitative estimate of drug-likeness (QED) is 0.843. The molecule has 4 N–H and O–H groups in total. The average Bonchev–Trinajstić information content (AvgIpc) is 2.57. The molecule has 0 saturated carbocycles. The fourth-order valence-corrected chi connectivity index (χ4v) is 3.21. The number of benzene rings is 1. The molecule has 124 valence electrons. The first-order valence-electron chi connectivity index (χ1n) is 8.25. The maximum atomic E-state index is 12.6. The smallest absolute Gasteiger partial charge is 0.234 e. The van der Waals surface area contributed by atoms with Gasteiger partial charge in [0.15, 0.2) is 5.96 Å². The Bertz CT molecular complexity index is 602. The van der Waals surface area contributed by atoms with E-state index in [1.165, 1.54) is 5.56 Å². The second-order valence-electron chi connectivity index (χ2n) is 6.15. The lowest BCUT2D eigenvalue weighted by Crippen LogP contribution is -2.50. The van der Waals surface area contributed by atoms with Gasteiger partial charge < -0.3 is 16.2 Å². The molecule has 2 heterocycles. The summed E-state index contributed by atoms with van der Waals surface area (Å²) in [6, 6.07) is 8.09. The number of para-hydroxylation sites is 1. The van der Waals surface area contributed by atoms with Gasteiger partial charge in [-0.05, 0) is 43.9 Å². The van der Waals surface area contributed by atoms with Crippen molar-refractivity contribution >= 4 is 11.9 Å². The molecule has 23 heavy (non-hydrogen) atoms. The van der Waals surface area contributed by atoms with Crippen LogP contribution >= 0.6 is 0 Å². The number of guanidine groups is 1. The van der Waals surface area contributed by atoms with Crippen LogP contribution in [0.3, 0.4) is 0 Å². The summed E-state index contributed by atoms with van der Waals surface area (Å²) in [7, 11) is 0. The van der Waals surface area contributed by atoms with Crippen LogP contribution in [0, 0.1) is 5.92 Å². The van der Waals surface area contributed by atoms with Crippen molar-refractivity contribution < 1.29 is 9.53 Å². The molecule has 2 aliphatic heterocycles. The second kappa shape index (κ2) is 7.00. The van der Waals surface area contributed by atoms with E-state index in [9.17, 15) is 4.79 Å². The lowest BCUT2D eigenvalue weighted by molar-refractivity contribution is -0.133. The van der Waals surface area contributed by atoms with E-state index in [1.807, 2.05) is 18.2 Å². The van der Waals surface area contributed by atoms with Crippen molar-refractivity contribution in [2.75, 3.05) is 19.6 Å². The summed E-state index contributed by atoms with van der Waals surface area (Å²) < 4.78 is 6.06. The number of nitrogens with zero attached hydrogens (tertiary/aromatic N) is 2. The average molecular weight is 316 g/mol. The third-order valence-corrected chi connectivity index (χ3v) is 4.50. The van der Waals surface area contributed by atoms with E-state index in [1.54, 1.807) is 4.90 Å². The number of hydrogen-bond acceptors (Lipinski definition) is 5. The Kier molecular flexibility index (Phi) is 4.81. The number of carbonyl (C=O) groups excluding carboxylic acids is 1. The number of carbonyl (C=O) groups is 1. The summed E-state index contributed by atoms with van der Waals surface area (Å²) in [5.41, 5.74) is 12.6. The first kappa shape index (κ1) is 15.8. The van der Waals surface area contributed by atoms with E-state index < -0.39 is 0 Å². The van der Waals surface area contributed by atoms with Gasteiger partial charge in [0.1, 0.15) is 5.75 Å². The topological polar surface area (TPSA) is 93.9 Å². The van der Waals surface area contributed by atoms with Crippen molar-refractivity contribution in [3.05, 3.63) is 29.8 Å². The van der Waals surface area contributed by atoms with Gasteiger partial charge >= 0.3 is 0 Å². The third kappa shape index (κ3) is 3.47. The van der Waals surface area contributed by atoms with Gasteiger partial charge in [0, 0.05) is 6.54 Å². The van der Waals surface area contributed by atoms with E-state index in [0.29, 0.717) is 32.0 Å². The minimum atomic E-state index is -0.157. The molecule has 2 aliphatic rings. The van der Waals surface area contributed by atoms with Crippen LogP contribution in [-0.2, 0) is 11.2 Å². The lowest BCUT2D eigenvalue weighted by atomic mass is 9.93. The first-order chi connectivity index (χ1) is 11.2. The number of nitrogens with two attached hydrogens (primary N) is 2. The molecular formula is C17H24N4O2. The zero-order chi connectivity index (χ0) is 16.2. The Balaban J connectivity index is 1.63. The minimum absolute atomic E-state index is 0.0495. The highest BCUT2D eigenvalue weighted by Gasteiger charge is 2.33. The maximum absolute atomic E-state index is 12.6. The van der Waals surface area contributed by atoms with Crippen LogP contribution in [0.4, 0.5) is 0 Å². The summed E-state index contributed by atoms with van der Waals surface area (Å²) >= 11 is 0. The predicted octanol–water partition coefficient (Wildman–Crippen LogP) is 0.892. The molecule has 0 aliphatic carbocycles. The summed E-state index contributed by atoms with van der Waals surface area (Å²) in [5, 5.41) is 0. The fraction of sp³-hybridized carbons (Fsp3) is 0.529. The largest absolute Gasteiger partial charge is 0.490 e. The predicted molar refractivity (Wildman–Crippen MR) is 89.2 cm³/mol. The standard InChI is InChI=1S/C17H24N4O2/c18-8-3-9-21-16(22)13(11-20-17(21)19)10-14-7-6-12-4-1-2-5-15(12)23-14/h1-2,4-5,13-14H,3,6-11,18H2,(H2,19,20). The molecule has 1 amide bonds. The van der Waals surface area contributed by atoms with E-state index in [2.05, 4.69) is 11.1 Å². The third-order valence-electron chi connectivity index (χ3n) is 4.50. The Hall–Kier alpha value is -2.08. The van der Waals surface area contributed by atoms with Crippen LogP contribution in [-0.4, -0.2) is 42.5 Å². The van der Waals surface area contributed by atoms with E-state index in [4.69, 9.17) is 16.2 Å². The van der Waals surface area contributed by atoms with Gasteiger partial charge in [-0.3, -0.25) is 14.7 Å². The zero-order valence-corrected chi connectivity index (χ0v) is 13.3. The van der Waals surface area contributed by atoms with Crippen molar-refractivity contribution in [1.29, 1.82) is 0 Å². The Labute approximate surface area is 136 Å². The molecule has 3 rings (SSSR count). The van der Waals surface area contributed by atoms with Gasteiger partial charge in [-0.1, -0.05) is 18.2 Å². The minimum Gasteiger partial charge on any atom is -0.490 e. The van der Waals surface area contributed by atoms with E-state index >= 15 is 0 Å². The number of amides is 1. The van der Waals surface area contributed by atoms with Crippen LogP contribution in [0.15, 0.2) is 29.3 Å². The van der Waals surface area contributed by atoms with Gasteiger partial charge in [0.05, 0.1) is 18.6 Å². The molecule has 0 fully saturated rings. The van der Waals surface area contributed by atoms with Crippen molar-refractivity contribution in [1.82, 2.24) is 4.90 Å². The maximum Gasteiger partial charge on any atom is 0.234 e. The summed E-state index contributed by atoms with van der Waals surface area (Å²) in [6.07, 6.45) is 3.39. The number of aliphatic imine (C=N–C) groups is 1. The fourth-order valence-electron chi connectivity index (χ4n) is 3.21. The summed E-state index contributed by atoms with van der Waals surface area (Å²) in [5.74, 6) is 1.15. The highest BCUT2D eigenvalue weighted by atomic mass is 16.5. The lowest BCUT2D eigenvalue weighted by Gasteiger charge is -2.33. The van der Waals surface area contributed by atoms with Gasteiger partial charge in [-0.2, -0.15) is 0 Å². The molecule has 2 unspecified atom stereocenters. The molecular weight excluding hydrogens is 292 g/mol. The van der Waals surface area contributed by atoms with Crippen molar-refractivity contribution in [3.8, 4) is 5.75 Å². The van der Waals surface area contributed by atoms with E-state index in [0.717, 1.165) is 25.0 Å². The summed E-state index contributed by atoms with van der Waals surface area (Å²) in [6.45, 7) is 1.52. The Morgan fingerprint density at radius 2 is 2.17 bits per heavy atom. The monoisotopic (exact) mass is 316 g/mol. The summed E-state index contributed by atoms with van der Waals surface area (Å²) in [4.78, 5) is 18.5. The van der Waals surface area contributed by atoms with E-state index in [-0.39, 0.29) is 17.9 Å². The van der Waals surface area contributed by atoms with Crippen molar-refractivity contribution in [2.24, 2.45) is 22.4 Å². The number of fused-ring (bicyclic) bond motifs is 1. The Morgan fingerprint density at radius 1 is 1.35 bits per heavy atom. The SMILES string of the molecule is NCCCN1C(=O)C(CC2CCc3ccccc3O2)CN=C1N. The van der Waals surface area contributed by atoms with Gasteiger partial charge in [-0.25, -0.2) is 0 Å². The molecule has 0 bridgehead atoms. The van der Waals surface area contributed by atoms with Crippen LogP contribution in [0.25, 0.3) is 0 Å². The highest BCUT2D eigenvalue weighted by Crippen LogP contribution is 2.30. The number of hydrogen-bond donors (Lipinski definition) is 2. The Morgan fingerprint density at radius 3 is 3.00 bits per heavy atom. The zero-order valence-electron chi connectivity index (χ0n) is 13.3. The number of rotatable bonds is 5. The molecule has 0 radical (unpaired) electrons. The first-order valence-corrected chi connectivity index (χ1v) is 8.25. The molecule has 0 aromatic heterocycles. The molecule has 0 saturated heterocycles. The van der Waals surface area contributed by atoms with Crippen LogP contribution in [0.2, 0.25) is 0 Å². The van der Waals surface area contributed by atoms with Gasteiger partial charge in [0.2, 0.25) is 5.91 Å². The van der Waals surface area contributed by atoms with Gasteiger partial charge in [-0.15, -0.1) is 0 Å². The molecule has 1 aromatic carbocycles. The highest BCUT2D eigenvalue weighted by molar-refractivity contribution is 5.99. The molecule has 2 atom stereocenters. The normalized spacial score (nSPS) is 24.0. The van der Waals surface area contributed by atoms with Crippen LogP contribution in [0.5, 0.6) is 5.75 Å². The number of aryl methyl sites for hydroxylation is 1. The molecule has 6 nitrogen and oxygen atoms in total. The second-order valence-corrected chi connectivity index (χ2v) is 6.15. The van der Waals surface area contributed by atoms with Gasteiger partial charge in [0.25, 0.3) is 0 Å². The van der Waals surface area contributed by atoms with Crippen molar-refractivity contribution in [3.63, 3.8) is 0 Å². The van der Waals surface area contributed by atoms with Crippen molar-refractivity contribution in [2.45, 2.75) is 31.8 Å². The molecule has 1 aromatic rings.